The highest BCUT2D eigenvalue weighted by Gasteiger charge is 2.38. The van der Waals surface area contributed by atoms with Crippen molar-refractivity contribution in [2.24, 2.45) is 0 Å². The normalized spacial score (nSPS) is 18.6. The van der Waals surface area contributed by atoms with E-state index in [2.05, 4.69) is 15.5 Å². The van der Waals surface area contributed by atoms with E-state index < -0.39 is 18.2 Å². The van der Waals surface area contributed by atoms with Crippen molar-refractivity contribution in [3.63, 3.8) is 0 Å². The largest absolute Gasteiger partial charge is 0.497 e. The molecule has 4 rings (SSSR count). The van der Waals surface area contributed by atoms with Crippen molar-refractivity contribution in [2.45, 2.75) is 24.7 Å². The number of methoxy groups -OCH3 is 1. The first-order valence-electron chi connectivity index (χ1n) is 12.1. The lowest BCUT2D eigenvalue weighted by Crippen LogP contribution is -2.54. The first-order chi connectivity index (χ1) is 18.1. The number of alkyl halides is 3. The number of hydrogen-bond acceptors (Lipinski definition) is 6. The molecule has 2 saturated heterocycles. The first-order valence-corrected chi connectivity index (χ1v) is 12.1. The molecule has 0 radical (unpaired) electrons. The lowest BCUT2D eigenvalue weighted by Gasteiger charge is -2.39. The minimum Gasteiger partial charge on any atom is -0.497 e. The van der Waals surface area contributed by atoms with E-state index >= 15 is 0 Å². The fraction of sp³-hybridized carbons (Fsp3) is 0.423. The van der Waals surface area contributed by atoms with E-state index in [-0.39, 0.29) is 11.8 Å². The molecule has 206 valence electrons. The van der Waals surface area contributed by atoms with Gasteiger partial charge in [-0.3, -0.25) is 14.5 Å². The fourth-order valence-corrected chi connectivity index (χ4v) is 4.33. The molecule has 1 unspecified atom stereocenters. The Kier molecular flexibility index (Phi) is 10.1. The second-order valence-corrected chi connectivity index (χ2v) is 8.86. The van der Waals surface area contributed by atoms with Gasteiger partial charge in [0.25, 0.3) is 5.91 Å². The van der Waals surface area contributed by atoms with Gasteiger partial charge in [0.2, 0.25) is 5.91 Å². The topological polar surface area (TPSA) is 111 Å². The maximum atomic E-state index is 13.5. The molecule has 0 spiro atoms. The third-order valence-corrected chi connectivity index (χ3v) is 6.43. The molecule has 3 N–H and O–H groups in total. The van der Waals surface area contributed by atoms with Crippen molar-refractivity contribution in [3.8, 4) is 5.75 Å². The highest BCUT2D eigenvalue weighted by Crippen LogP contribution is 2.20. The summed E-state index contributed by atoms with van der Waals surface area (Å²) in [4.78, 5) is 39.6. The van der Waals surface area contributed by atoms with Gasteiger partial charge in [0.1, 0.15) is 11.8 Å². The number of nitrogens with one attached hydrogen (secondary N) is 2. The van der Waals surface area contributed by atoms with Crippen molar-refractivity contribution in [1.29, 1.82) is 0 Å². The summed E-state index contributed by atoms with van der Waals surface area (Å²) < 4.78 is 36.9. The summed E-state index contributed by atoms with van der Waals surface area (Å²) in [5.74, 6) is -2.41. The molecular weight excluding hydrogens is 505 g/mol. The second-order valence-electron chi connectivity index (χ2n) is 8.86. The van der Waals surface area contributed by atoms with Gasteiger partial charge in [-0.15, -0.1) is 0 Å². The number of benzene rings is 2. The number of ether oxygens (including phenoxy) is 1. The van der Waals surface area contributed by atoms with Gasteiger partial charge < -0.3 is 25.4 Å². The third kappa shape index (κ3) is 7.93. The van der Waals surface area contributed by atoms with Crippen molar-refractivity contribution < 1.29 is 37.4 Å². The van der Waals surface area contributed by atoms with Gasteiger partial charge in [-0.25, -0.2) is 4.79 Å². The Labute approximate surface area is 218 Å². The van der Waals surface area contributed by atoms with Crippen molar-refractivity contribution in [2.75, 3.05) is 46.4 Å². The summed E-state index contributed by atoms with van der Waals surface area (Å²) in [5, 5.41) is 13.5. The van der Waals surface area contributed by atoms with E-state index in [1.807, 2.05) is 35.2 Å². The maximum absolute atomic E-state index is 13.5. The highest BCUT2D eigenvalue weighted by molar-refractivity contribution is 5.98. The fourth-order valence-electron chi connectivity index (χ4n) is 4.33. The molecule has 2 aliphatic rings. The Hall–Kier alpha value is -3.64. The van der Waals surface area contributed by atoms with Crippen molar-refractivity contribution >= 4 is 17.8 Å². The van der Waals surface area contributed by atoms with Gasteiger partial charge in [0.15, 0.2) is 0 Å². The molecule has 12 heteroatoms. The number of rotatable bonds is 6. The zero-order valence-corrected chi connectivity index (χ0v) is 20.9. The number of nitrogens with zero attached hydrogens (tertiary/aromatic N) is 2. The molecule has 2 aromatic rings. The minimum absolute atomic E-state index is 0.0581. The van der Waals surface area contributed by atoms with Crippen LogP contribution in [0.4, 0.5) is 13.2 Å². The van der Waals surface area contributed by atoms with Crippen LogP contribution in [0.15, 0.2) is 54.6 Å². The number of halogens is 3. The van der Waals surface area contributed by atoms with Crippen LogP contribution in [0.5, 0.6) is 5.75 Å². The summed E-state index contributed by atoms with van der Waals surface area (Å²) in [7, 11) is 1.59. The van der Waals surface area contributed by atoms with Crippen molar-refractivity contribution in [1.82, 2.24) is 20.4 Å². The number of carboxylic acid groups (broad SMARTS) is 1. The predicted octanol–water partition coefficient (Wildman–Crippen LogP) is 2.31. The first kappa shape index (κ1) is 28.9. The zero-order chi connectivity index (χ0) is 27.7. The van der Waals surface area contributed by atoms with Crippen LogP contribution in [-0.2, 0) is 9.59 Å². The molecule has 2 amide bonds. The molecule has 2 heterocycles. The lowest BCUT2D eigenvalue weighted by molar-refractivity contribution is -0.192. The molecule has 9 nitrogen and oxygen atoms in total. The molecule has 2 aliphatic heterocycles. The quantitative estimate of drug-likeness (QED) is 0.520. The van der Waals surface area contributed by atoms with Crippen LogP contribution in [0, 0.1) is 0 Å². The maximum Gasteiger partial charge on any atom is 0.490 e. The van der Waals surface area contributed by atoms with Gasteiger partial charge in [-0.1, -0.05) is 30.3 Å². The van der Waals surface area contributed by atoms with Crippen LogP contribution in [0.2, 0.25) is 0 Å². The van der Waals surface area contributed by atoms with Gasteiger partial charge in [-0.2, -0.15) is 13.2 Å². The Balaban J connectivity index is 0.000000505. The average molecular weight is 537 g/mol. The summed E-state index contributed by atoms with van der Waals surface area (Å²) in [6, 6.07) is 16.2. The Morgan fingerprint density at radius 2 is 1.63 bits per heavy atom. The van der Waals surface area contributed by atoms with E-state index in [1.165, 1.54) is 6.42 Å². The third-order valence-electron chi connectivity index (χ3n) is 6.43. The Bertz CT molecular complexity index is 1070. The summed E-state index contributed by atoms with van der Waals surface area (Å²) >= 11 is 0. The average Bonchev–Trinajstić information content (AvgIpc) is 3.47. The van der Waals surface area contributed by atoms with E-state index in [0.29, 0.717) is 30.4 Å². The van der Waals surface area contributed by atoms with Gasteiger partial charge >= 0.3 is 12.1 Å². The summed E-state index contributed by atoms with van der Waals surface area (Å²) in [6.07, 6.45) is -3.92. The number of carbonyl (C=O) groups excluding carboxylic acids is 2. The van der Waals surface area contributed by atoms with Crippen LogP contribution >= 0.6 is 0 Å². The molecule has 38 heavy (non-hydrogen) atoms. The molecule has 2 aromatic carbocycles. The number of piperazine rings is 1. The molecular formula is C26H31F3N4O5. The number of carbonyl (C=O) groups is 3. The van der Waals surface area contributed by atoms with Crippen LogP contribution < -0.4 is 15.4 Å². The highest BCUT2D eigenvalue weighted by atomic mass is 19.4. The number of amides is 2. The van der Waals surface area contributed by atoms with Gasteiger partial charge in [0.05, 0.1) is 7.11 Å². The van der Waals surface area contributed by atoms with Crippen LogP contribution in [-0.4, -0.2) is 91.3 Å². The van der Waals surface area contributed by atoms with Gasteiger partial charge in [0, 0.05) is 44.3 Å². The smallest absolute Gasteiger partial charge is 0.490 e. The number of hydrogen-bond donors (Lipinski definition) is 3. The molecule has 0 aromatic heterocycles. The Morgan fingerprint density at radius 3 is 2.13 bits per heavy atom. The van der Waals surface area contributed by atoms with E-state index in [0.717, 1.165) is 31.7 Å². The molecule has 2 atom stereocenters. The van der Waals surface area contributed by atoms with E-state index in [9.17, 15) is 22.8 Å². The summed E-state index contributed by atoms with van der Waals surface area (Å²) in [5.41, 5.74) is 1.28. The predicted molar refractivity (Wildman–Crippen MR) is 133 cm³/mol. The second kappa shape index (κ2) is 13.2. The molecule has 0 saturated carbocycles. The van der Waals surface area contributed by atoms with Crippen LogP contribution in [0.25, 0.3) is 0 Å². The monoisotopic (exact) mass is 536 g/mol. The van der Waals surface area contributed by atoms with Gasteiger partial charge in [-0.05, 0) is 42.8 Å². The zero-order valence-electron chi connectivity index (χ0n) is 20.9. The minimum atomic E-state index is -5.08. The van der Waals surface area contributed by atoms with Crippen LogP contribution in [0.1, 0.15) is 28.4 Å². The van der Waals surface area contributed by atoms with Crippen LogP contribution in [0.3, 0.4) is 0 Å². The van der Waals surface area contributed by atoms with Crippen molar-refractivity contribution in [3.05, 3.63) is 65.7 Å². The van der Waals surface area contributed by atoms with E-state index in [4.69, 9.17) is 14.6 Å². The molecule has 2 fully saturated rings. The standard InChI is InChI=1S/C24H30N4O3.C2HF3O2/c1-31-21-9-7-19(8-10-21)23(29)26-22(18-5-3-2-4-6-18)24(30)28-15-13-27(14-16-28)20-11-12-25-17-20;3-2(4,5)1(6)7/h2-10,20,22,25H,11-17H2,1H3,(H,26,29);(H,6,7)/t20?,22-;/m1./s1. The molecule has 0 bridgehead atoms. The summed E-state index contributed by atoms with van der Waals surface area (Å²) in [6.45, 7) is 5.18. The lowest BCUT2D eigenvalue weighted by atomic mass is 10.0. The van der Waals surface area contributed by atoms with E-state index in [1.54, 1.807) is 31.4 Å². The SMILES string of the molecule is COc1ccc(C(=O)N[C@@H](C(=O)N2CCN(C3CCNC3)CC2)c2ccccc2)cc1.O=C(O)C(F)(F)F. The molecule has 0 aliphatic carbocycles. The number of carboxylic acids is 1. The number of aliphatic carboxylic acids is 1. The Morgan fingerprint density at radius 1 is 1.03 bits per heavy atom.